The molecule has 0 saturated carbocycles. The Hall–Kier alpha value is -1.88. The first kappa shape index (κ1) is 16.2. The molecule has 1 aromatic carbocycles. The van der Waals surface area contributed by atoms with E-state index in [0.29, 0.717) is 11.1 Å². The third-order valence-electron chi connectivity index (χ3n) is 3.23. The summed E-state index contributed by atoms with van der Waals surface area (Å²) in [6, 6.07) is 6.15. The monoisotopic (exact) mass is 279 g/mol. The minimum atomic E-state index is -0.653. The van der Waals surface area contributed by atoms with Gasteiger partial charge in [-0.15, -0.1) is 0 Å². The van der Waals surface area contributed by atoms with E-state index in [9.17, 15) is 14.7 Å². The van der Waals surface area contributed by atoms with Crippen molar-refractivity contribution in [2.75, 3.05) is 14.2 Å². The number of esters is 1. The number of benzene rings is 1. The molecule has 1 atom stereocenters. The second-order valence-electron chi connectivity index (χ2n) is 4.94. The Morgan fingerprint density at radius 1 is 1.30 bits per heavy atom. The maximum absolute atomic E-state index is 12.5. The van der Waals surface area contributed by atoms with E-state index in [2.05, 4.69) is 0 Å². The van der Waals surface area contributed by atoms with Gasteiger partial charge in [0.15, 0.2) is 0 Å². The summed E-state index contributed by atoms with van der Waals surface area (Å²) in [6.07, 6.45) is 0. The number of carbonyl (C=O) groups excluding carboxylic acids is 2. The quantitative estimate of drug-likeness (QED) is 0.828. The molecule has 0 spiro atoms. The molecule has 0 bridgehead atoms. The van der Waals surface area contributed by atoms with E-state index >= 15 is 0 Å². The molecule has 0 heterocycles. The molecule has 0 radical (unpaired) electrons. The number of amides is 1. The number of aliphatic hydroxyl groups is 1. The number of aliphatic hydroxyl groups excluding tert-OH is 1. The Morgan fingerprint density at radius 2 is 1.90 bits per heavy atom. The van der Waals surface area contributed by atoms with Crippen LogP contribution >= 0.6 is 0 Å². The molecule has 1 rings (SSSR count). The van der Waals surface area contributed by atoms with Crippen molar-refractivity contribution < 1.29 is 19.4 Å². The third kappa shape index (κ3) is 3.36. The van der Waals surface area contributed by atoms with Gasteiger partial charge in [-0.3, -0.25) is 4.79 Å². The predicted molar refractivity (Wildman–Crippen MR) is 75.1 cm³/mol. The zero-order chi connectivity index (χ0) is 15.3. The van der Waals surface area contributed by atoms with Crippen molar-refractivity contribution in [3.05, 3.63) is 35.4 Å². The summed E-state index contributed by atoms with van der Waals surface area (Å²) < 4.78 is 4.76. The van der Waals surface area contributed by atoms with Crippen LogP contribution in [0.3, 0.4) is 0 Å². The van der Waals surface area contributed by atoms with E-state index in [4.69, 9.17) is 4.74 Å². The molecule has 0 aromatic heterocycles. The summed E-state index contributed by atoms with van der Waals surface area (Å²) in [5.41, 5.74) is 0.934. The number of hydrogen-bond acceptors (Lipinski definition) is 4. The summed E-state index contributed by atoms with van der Waals surface area (Å²) in [6.45, 7) is 3.48. The molecule has 0 saturated heterocycles. The topological polar surface area (TPSA) is 66.8 Å². The van der Waals surface area contributed by atoms with E-state index in [1.165, 1.54) is 12.0 Å². The molecule has 1 aromatic rings. The van der Waals surface area contributed by atoms with Crippen LogP contribution in [0.5, 0.6) is 0 Å². The molecule has 1 N–H and O–H groups in total. The summed E-state index contributed by atoms with van der Waals surface area (Å²) in [5, 5.41) is 9.29. The summed E-state index contributed by atoms with van der Waals surface area (Å²) in [4.78, 5) is 25.7. The summed E-state index contributed by atoms with van der Waals surface area (Å²) >= 11 is 0. The van der Waals surface area contributed by atoms with Gasteiger partial charge in [0.1, 0.15) is 6.04 Å². The standard InChI is InChI=1S/C15H21NO4/c1-10(2)13(15(19)20-4)16(3)14(18)12-8-6-5-7-11(12)9-17/h5-8,10,13,17H,9H2,1-4H3. The van der Waals surface area contributed by atoms with E-state index in [1.54, 1.807) is 31.3 Å². The van der Waals surface area contributed by atoms with Gasteiger partial charge in [-0.25, -0.2) is 4.79 Å². The Bertz CT molecular complexity index is 485. The molecule has 5 heteroatoms. The van der Waals surface area contributed by atoms with Gasteiger partial charge in [0.25, 0.3) is 5.91 Å². The molecule has 0 aliphatic rings. The first-order chi connectivity index (χ1) is 9.43. The maximum atomic E-state index is 12.5. The fraction of sp³-hybridized carbons (Fsp3) is 0.467. The number of nitrogens with zero attached hydrogens (tertiary/aromatic N) is 1. The van der Waals surface area contributed by atoms with Crippen LogP contribution in [0.15, 0.2) is 24.3 Å². The molecule has 0 aliphatic heterocycles. The third-order valence-corrected chi connectivity index (χ3v) is 3.23. The van der Waals surface area contributed by atoms with Gasteiger partial charge in [-0.1, -0.05) is 32.0 Å². The number of hydrogen-bond donors (Lipinski definition) is 1. The molecular weight excluding hydrogens is 258 g/mol. The Morgan fingerprint density at radius 3 is 2.40 bits per heavy atom. The lowest BCUT2D eigenvalue weighted by Crippen LogP contribution is -2.46. The van der Waals surface area contributed by atoms with Crippen LogP contribution in [0.2, 0.25) is 0 Å². The Labute approximate surface area is 119 Å². The normalized spacial score (nSPS) is 12.1. The predicted octanol–water partition coefficient (Wildman–Crippen LogP) is 1.45. The van der Waals surface area contributed by atoms with Crippen LogP contribution in [0.1, 0.15) is 29.8 Å². The van der Waals surface area contributed by atoms with Gasteiger partial charge in [-0.2, -0.15) is 0 Å². The van der Waals surface area contributed by atoms with Crippen LogP contribution in [-0.2, 0) is 16.1 Å². The first-order valence-electron chi connectivity index (χ1n) is 6.47. The van der Waals surface area contributed by atoms with E-state index in [-0.39, 0.29) is 18.4 Å². The van der Waals surface area contributed by atoms with Crippen LogP contribution in [0, 0.1) is 5.92 Å². The van der Waals surface area contributed by atoms with Crippen LogP contribution in [-0.4, -0.2) is 42.1 Å². The number of ether oxygens (including phenoxy) is 1. The zero-order valence-corrected chi connectivity index (χ0v) is 12.3. The van der Waals surface area contributed by atoms with Gasteiger partial charge in [0, 0.05) is 12.6 Å². The lowest BCUT2D eigenvalue weighted by Gasteiger charge is -2.29. The van der Waals surface area contributed by atoms with Gasteiger partial charge < -0.3 is 14.7 Å². The van der Waals surface area contributed by atoms with Crippen LogP contribution in [0.4, 0.5) is 0 Å². The van der Waals surface area contributed by atoms with E-state index in [1.807, 2.05) is 13.8 Å². The average molecular weight is 279 g/mol. The van der Waals surface area contributed by atoms with Crippen molar-refractivity contribution in [2.45, 2.75) is 26.5 Å². The highest BCUT2D eigenvalue weighted by Gasteiger charge is 2.31. The minimum absolute atomic E-state index is 0.0716. The molecule has 1 amide bonds. The minimum Gasteiger partial charge on any atom is -0.467 e. The van der Waals surface area contributed by atoms with Gasteiger partial charge >= 0.3 is 5.97 Å². The van der Waals surface area contributed by atoms with Crippen LogP contribution < -0.4 is 0 Å². The highest BCUT2D eigenvalue weighted by Crippen LogP contribution is 2.17. The smallest absolute Gasteiger partial charge is 0.328 e. The average Bonchev–Trinajstić information content (AvgIpc) is 2.45. The number of methoxy groups -OCH3 is 1. The maximum Gasteiger partial charge on any atom is 0.328 e. The SMILES string of the molecule is COC(=O)C(C(C)C)N(C)C(=O)c1ccccc1CO. The van der Waals surface area contributed by atoms with Crippen molar-refractivity contribution in [3.8, 4) is 0 Å². The van der Waals surface area contributed by atoms with Crippen LogP contribution in [0.25, 0.3) is 0 Å². The van der Waals surface area contributed by atoms with Gasteiger partial charge in [-0.05, 0) is 17.5 Å². The molecular formula is C15H21NO4. The molecule has 0 fully saturated rings. The molecule has 5 nitrogen and oxygen atoms in total. The lowest BCUT2D eigenvalue weighted by atomic mass is 10.0. The highest BCUT2D eigenvalue weighted by atomic mass is 16.5. The van der Waals surface area contributed by atoms with Crippen molar-refractivity contribution >= 4 is 11.9 Å². The Balaban J connectivity index is 3.08. The second kappa shape index (κ2) is 7.05. The van der Waals surface area contributed by atoms with Crippen molar-refractivity contribution in [1.82, 2.24) is 4.90 Å². The summed E-state index contributed by atoms with van der Waals surface area (Å²) in [5.74, 6) is -0.825. The fourth-order valence-corrected chi connectivity index (χ4v) is 2.18. The van der Waals surface area contributed by atoms with Crippen molar-refractivity contribution in [3.63, 3.8) is 0 Å². The Kier molecular flexibility index (Phi) is 5.70. The van der Waals surface area contributed by atoms with E-state index in [0.717, 1.165) is 0 Å². The number of rotatable bonds is 5. The molecule has 20 heavy (non-hydrogen) atoms. The largest absolute Gasteiger partial charge is 0.467 e. The zero-order valence-electron chi connectivity index (χ0n) is 12.3. The molecule has 1 unspecified atom stereocenters. The second-order valence-corrected chi connectivity index (χ2v) is 4.94. The van der Waals surface area contributed by atoms with Gasteiger partial charge in [0.2, 0.25) is 0 Å². The van der Waals surface area contributed by atoms with Crippen molar-refractivity contribution in [2.24, 2.45) is 5.92 Å². The van der Waals surface area contributed by atoms with Crippen molar-refractivity contribution in [1.29, 1.82) is 0 Å². The van der Waals surface area contributed by atoms with Gasteiger partial charge in [0.05, 0.1) is 13.7 Å². The first-order valence-corrected chi connectivity index (χ1v) is 6.47. The molecule has 110 valence electrons. The highest BCUT2D eigenvalue weighted by molar-refractivity contribution is 5.97. The number of likely N-dealkylation sites (N-methyl/N-ethyl adjacent to an activating group) is 1. The number of carbonyl (C=O) groups is 2. The lowest BCUT2D eigenvalue weighted by molar-refractivity contribution is -0.147. The fourth-order valence-electron chi connectivity index (χ4n) is 2.18. The summed E-state index contributed by atoms with van der Waals surface area (Å²) in [7, 11) is 2.87. The van der Waals surface area contributed by atoms with E-state index < -0.39 is 12.0 Å². The molecule has 0 aliphatic carbocycles.